The number of halogens is 2. The highest BCUT2D eigenvalue weighted by molar-refractivity contribution is 7.99. The van der Waals surface area contributed by atoms with Crippen molar-refractivity contribution in [3.8, 4) is 0 Å². The minimum absolute atomic E-state index is 0.116. The number of nitrogens with zero attached hydrogens (tertiary/aromatic N) is 3. The van der Waals surface area contributed by atoms with Crippen LogP contribution in [0.4, 0.5) is 5.69 Å². The van der Waals surface area contributed by atoms with E-state index in [1.165, 1.54) is 18.0 Å². The van der Waals surface area contributed by atoms with E-state index in [-0.39, 0.29) is 5.91 Å². The molecule has 1 aliphatic heterocycles. The molecule has 0 aliphatic carbocycles. The Balaban J connectivity index is 1.89. The lowest BCUT2D eigenvalue weighted by Gasteiger charge is -2.18. The highest BCUT2D eigenvalue weighted by Gasteiger charge is 2.24. The molecule has 4 nitrogen and oxygen atoms in total. The van der Waals surface area contributed by atoms with E-state index in [4.69, 9.17) is 23.2 Å². The molecule has 21 heavy (non-hydrogen) atoms. The molecule has 0 atom stereocenters. The molecule has 0 radical (unpaired) electrons. The maximum Gasteiger partial charge on any atom is 0.227 e. The van der Waals surface area contributed by atoms with Crippen LogP contribution in [0, 0.1) is 0 Å². The van der Waals surface area contributed by atoms with E-state index in [1.807, 2.05) is 18.2 Å². The fourth-order valence-corrected chi connectivity index (χ4v) is 3.37. The summed E-state index contributed by atoms with van der Waals surface area (Å²) in [6.07, 6.45) is 4.54. The minimum atomic E-state index is 0.116. The summed E-state index contributed by atoms with van der Waals surface area (Å²) in [6.45, 7) is 0.716. The molecule has 0 saturated carbocycles. The van der Waals surface area contributed by atoms with Crippen molar-refractivity contribution in [3.63, 3.8) is 0 Å². The van der Waals surface area contributed by atoms with Gasteiger partial charge in [-0.25, -0.2) is 9.97 Å². The molecule has 0 bridgehead atoms. The number of benzene rings is 1. The monoisotopic (exact) mass is 339 g/mol. The highest BCUT2D eigenvalue weighted by atomic mass is 35.5. The van der Waals surface area contributed by atoms with Crippen LogP contribution in [-0.2, 0) is 4.79 Å². The molecule has 0 unspecified atom stereocenters. The van der Waals surface area contributed by atoms with E-state index >= 15 is 0 Å². The summed E-state index contributed by atoms with van der Waals surface area (Å²) >= 11 is 13.6. The van der Waals surface area contributed by atoms with E-state index in [0.29, 0.717) is 28.2 Å². The summed E-state index contributed by atoms with van der Waals surface area (Å²) in [7, 11) is 0. The van der Waals surface area contributed by atoms with Crippen molar-refractivity contribution in [1.82, 2.24) is 9.97 Å². The lowest BCUT2D eigenvalue weighted by Crippen LogP contribution is -2.24. The normalized spacial score (nSPS) is 14.8. The summed E-state index contributed by atoms with van der Waals surface area (Å²) in [6, 6.07) is 5.65. The Morgan fingerprint density at radius 2 is 2.05 bits per heavy atom. The van der Waals surface area contributed by atoms with Gasteiger partial charge in [-0.1, -0.05) is 41.0 Å². The second kappa shape index (κ2) is 6.22. The molecule has 1 aliphatic rings. The average molecular weight is 340 g/mol. The number of rotatable bonds is 3. The van der Waals surface area contributed by atoms with Crippen molar-refractivity contribution in [1.29, 1.82) is 0 Å². The van der Waals surface area contributed by atoms with Crippen LogP contribution in [0.3, 0.4) is 0 Å². The topological polar surface area (TPSA) is 46.1 Å². The number of anilines is 1. The van der Waals surface area contributed by atoms with Gasteiger partial charge < -0.3 is 4.90 Å². The Bertz CT molecular complexity index is 678. The summed E-state index contributed by atoms with van der Waals surface area (Å²) < 4.78 is 0. The molecule has 1 saturated heterocycles. The van der Waals surface area contributed by atoms with Crippen LogP contribution < -0.4 is 4.90 Å². The van der Waals surface area contributed by atoms with Crippen LogP contribution in [0.15, 0.2) is 40.5 Å². The fourth-order valence-electron chi connectivity index (χ4n) is 2.16. The molecule has 1 aromatic heterocycles. The van der Waals surface area contributed by atoms with Crippen LogP contribution in [0.5, 0.6) is 0 Å². The third-order valence-electron chi connectivity index (χ3n) is 3.12. The third-order valence-corrected chi connectivity index (χ3v) is 4.80. The first-order chi connectivity index (χ1) is 10.1. The maximum atomic E-state index is 11.9. The van der Waals surface area contributed by atoms with Gasteiger partial charge in [-0.15, -0.1) is 0 Å². The van der Waals surface area contributed by atoms with Gasteiger partial charge in [-0.2, -0.15) is 0 Å². The first-order valence-electron chi connectivity index (χ1n) is 6.39. The zero-order valence-electron chi connectivity index (χ0n) is 10.9. The van der Waals surface area contributed by atoms with Crippen LogP contribution >= 0.6 is 35.0 Å². The minimum Gasteiger partial charge on any atom is -0.311 e. The molecule has 1 aromatic carbocycles. The van der Waals surface area contributed by atoms with Crippen molar-refractivity contribution in [2.45, 2.75) is 22.8 Å². The highest BCUT2D eigenvalue weighted by Crippen LogP contribution is 2.39. The SMILES string of the molecule is O=C1CCCN1c1cccc(Sc2cnc(Cl)cn2)c1Cl. The fraction of sp³-hybridized carbons (Fsp3) is 0.214. The predicted molar refractivity (Wildman–Crippen MR) is 84.2 cm³/mol. The molecule has 2 aromatic rings. The number of carbonyl (C=O) groups excluding carboxylic acids is 1. The van der Waals surface area contributed by atoms with Gasteiger partial charge in [0.05, 0.1) is 23.1 Å². The van der Waals surface area contributed by atoms with E-state index < -0.39 is 0 Å². The summed E-state index contributed by atoms with van der Waals surface area (Å²) in [5, 5.41) is 1.61. The molecule has 0 N–H and O–H groups in total. The molecule has 0 spiro atoms. The molecule has 1 fully saturated rings. The smallest absolute Gasteiger partial charge is 0.227 e. The van der Waals surface area contributed by atoms with Crippen LogP contribution in [-0.4, -0.2) is 22.4 Å². The molecule has 108 valence electrons. The zero-order valence-corrected chi connectivity index (χ0v) is 13.3. The van der Waals surface area contributed by atoms with Gasteiger partial charge >= 0.3 is 0 Å². The molecular weight excluding hydrogens is 329 g/mol. The maximum absolute atomic E-state index is 11.9. The average Bonchev–Trinajstić information content (AvgIpc) is 2.90. The summed E-state index contributed by atoms with van der Waals surface area (Å²) in [4.78, 5) is 22.6. The molecular formula is C14H11Cl2N3OS. The van der Waals surface area contributed by atoms with E-state index in [1.54, 1.807) is 11.1 Å². The van der Waals surface area contributed by atoms with Crippen molar-refractivity contribution in [2.24, 2.45) is 0 Å². The van der Waals surface area contributed by atoms with Crippen LogP contribution in [0.1, 0.15) is 12.8 Å². The molecule has 3 rings (SSSR count). The lowest BCUT2D eigenvalue weighted by atomic mass is 10.3. The number of aromatic nitrogens is 2. The number of hydrogen-bond donors (Lipinski definition) is 0. The van der Waals surface area contributed by atoms with Crippen LogP contribution in [0.25, 0.3) is 0 Å². The van der Waals surface area contributed by atoms with Crippen LogP contribution in [0.2, 0.25) is 10.2 Å². The first kappa shape index (κ1) is 14.6. The van der Waals surface area contributed by atoms with Gasteiger partial charge in [0.25, 0.3) is 0 Å². The van der Waals surface area contributed by atoms with E-state index in [2.05, 4.69) is 9.97 Å². The molecule has 1 amide bonds. The van der Waals surface area contributed by atoms with E-state index in [9.17, 15) is 4.79 Å². The number of hydrogen-bond acceptors (Lipinski definition) is 4. The van der Waals surface area contributed by atoms with Gasteiger partial charge in [0.1, 0.15) is 10.2 Å². The van der Waals surface area contributed by atoms with Gasteiger partial charge in [0.2, 0.25) is 5.91 Å². The Morgan fingerprint density at radius 3 is 2.71 bits per heavy atom. The van der Waals surface area contributed by atoms with Crippen molar-refractivity contribution in [3.05, 3.63) is 40.8 Å². The first-order valence-corrected chi connectivity index (χ1v) is 7.96. The van der Waals surface area contributed by atoms with Crippen molar-refractivity contribution in [2.75, 3.05) is 11.4 Å². The van der Waals surface area contributed by atoms with Crippen molar-refractivity contribution >= 4 is 46.6 Å². The third kappa shape index (κ3) is 3.15. The Kier molecular flexibility index (Phi) is 4.33. The van der Waals surface area contributed by atoms with Crippen molar-refractivity contribution < 1.29 is 4.79 Å². The van der Waals surface area contributed by atoms with Gasteiger partial charge in [0.15, 0.2) is 0 Å². The van der Waals surface area contributed by atoms with Gasteiger partial charge in [-0.3, -0.25) is 4.79 Å². The summed E-state index contributed by atoms with van der Waals surface area (Å²) in [5.41, 5.74) is 0.756. The second-order valence-electron chi connectivity index (χ2n) is 4.52. The van der Waals surface area contributed by atoms with E-state index in [0.717, 1.165) is 17.0 Å². The standard InChI is InChI=1S/C14H11Cl2N3OS/c15-11-7-18-12(8-17-11)21-10-4-1-3-9(14(10)16)19-6-2-5-13(19)20/h1,3-4,7-8H,2,5-6H2. The summed E-state index contributed by atoms with van der Waals surface area (Å²) in [5.74, 6) is 0.116. The van der Waals surface area contributed by atoms with Gasteiger partial charge in [-0.05, 0) is 18.6 Å². The number of carbonyl (C=O) groups is 1. The molecule has 7 heteroatoms. The van der Waals surface area contributed by atoms with Gasteiger partial charge in [0, 0.05) is 17.9 Å². The Hall–Kier alpha value is -1.30. The largest absolute Gasteiger partial charge is 0.311 e. The Morgan fingerprint density at radius 1 is 1.19 bits per heavy atom. The Labute approximate surface area is 136 Å². The molecule has 2 heterocycles. The number of amides is 1. The lowest BCUT2D eigenvalue weighted by molar-refractivity contribution is -0.117. The predicted octanol–water partition coefficient (Wildman–Crippen LogP) is 4.06. The zero-order chi connectivity index (χ0) is 14.8. The quantitative estimate of drug-likeness (QED) is 0.845. The second-order valence-corrected chi connectivity index (χ2v) is 6.35.